The number of ether oxygens (including phenoxy) is 4. The largest absolute Gasteiger partial charge is 0.493 e. The molecule has 1 amide bonds. The first-order valence-electron chi connectivity index (χ1n) is 11.4. The number of nitrogens with zero attached hydrogens (tertiary/aromatic N) is 2. The van der Waals surface area contributed by atoms with Gasteiger partial charge in [-0.2, -0.15) is 5.10 Å². The number of aromatic nitrogens is 2. The second-order valence-corrected chi connectivity index (χ2v) is 8.02. The van der Waals surface area contributed by atoms with Crippen molar-refractivity contribution in [3.8, 4) is 39.9 Å². The molecule has 1 N–H and O–H groups in total. The number of rotatable bonds is 8. The Hall–Kier alpha value is -4.72. The monoisotopic (exact) mass is 483 g/mol. The fraction of sp³-hybridized carbons (Fsp3) is 0.143. The van der Waals surface area contributed by atoms with E-state index >= 15 is 0 Å². The highest BCUT2D eigenvalue weighted by atomic mass is 16.7. The van der Waals surface area contributed by atoms with E-state index in [0.717, 1.165) is 22.4 Å². The first-order chi connectivity index (χ1) is 17.6. The van der Waals surface area contributed by atoms with Crippen LogP contribution in [0.1, 0.15) is 11.1 Å². The third-order valence-corrected chi connectivity index (χ3v) is 5.74. The molecule has 182 valence electrons. The van der Waals surface area contributed by atoms with Crippen LogP contribution in [-0.4, -0.2) is 36.7 Å². The van der Waals surface area contributed by atoms with Gasteiger partial charge in [0, 0.05) is 29.9 Å². The Balaban J connectivity index is 1.39. The van der Waals surface area contributed by atoms with Crippen LogP contribution in [0.5, 0.6) is 23.0 Å². The van der Waals surface area contributed by atoms with Gasteiger partial charge in [-0.3, -0.25) is 4.79 Å². The predicted octanol–water partition coefficient (Wildman–Crippen LogP) is 4.61. The van der Waals surface area contributed by atoms with E-state index in [-0.39, 0.29) is 12.7 Å². The van der Waals surface area contributed by atoms with Crippen molar-refractivity contribution in [2.45, 2.75) is 6.54 Å². The maximum atomic E-state index is 12.6. The Morgan fingerprint density at radius 1 is 1.00 bits per heavy atom. The third kappa shape index (κ3) is 4.88. The number of benzene rings is 3. The first-order valence-corrected chi connectivity index (χ1v) is 11.4. The molecule has 2 heterocycles. The van der Waals surface area contributed by atoms with Crippen molar-refractivity contribution >= 4 is 12.0 Å². The van der Waals surface area contributed by atoms with Crippen molar-refractivity contribution in [3.63, 3.8) is 0 Å². The van der Waals surface area contributed by atoms with Crippen molar-refractivity contribution < 1.29 is 23.7 Å². The van der Waals surface area contributed by atoms with E-state index in [4.69, 9.17) is 24.0 Å². The molecule has 0 spiro atoms. The van der Waals surface area contributed by atoms with Crippen LogP contribution >= 0.6 is 0 Å². The summed E-state index contributed by atoms with van der Waals surface area (Å²) in [5.41, 5.74) is 4.15. The van der Waals surface area contributed by atoms with Crippen LogP contribution in [0, 0.1) is 0 Å². The molecule has 0 radical (unpaired) electrons. The standard InChI is InChI=1S/C28H25N3O5/c1-33-23-12-9-20(15-25(23)34-2)28-21(17-31(30-28)22-6-4-3-5-7-22)10-13-27(32)29-16-19-8-11-24-26(14-19)36-18-35-24/h3-15,17H,16,18H2,1-2H3,(H,29,32). The van der Waals surface area contributed by atoms with E-state index < -0.39 is 0 Å². The summed E-state index contributed by atoms with van der Waals surface area (Å²) in [4.78, 5) is 12.6. The van der Waals surface area contributed by atoms with Gasteiger partial charge in [-0.25, -0.2) is 4.68 Å². The SMILES string of the molecule is COc1ccc(-c2nn(-c3ccccc3)cc2C=CC(=O)NCc2ccc3c(c2)OCO3)cc1OC. The van der Waals surface area contributed by atoms with Crippen molar-refractivity contribution in [1.29, 1.82) is 0 Å². The number of fused-ring (bicyclic) bond motifs is 1. The number of carbonyl (C=O) groups is 1. The Morgan fingerprint density at radius 3 is 2.61 bits per heavy atom. The van der Waals surface area contributed by atoms with Gasteiger partial charge in [-0.15, -0.1) is 0 Å². The zero-order chi connectivity index (χ0) is 24.9. The van der Waals surface area contributed by atoms with Crippen LogP contribution < -0.4 is 24.3 Å². The normalized spacial score (nSPS) is 12.1. The minimum Gasteiger partial charge on any atom is -0.493 e. The molecule has 0 saturated heterocycles. The van der Waals surface area contributed by atoms with Gasteiger partial charge >= 0.3 is 0 Å². The Bertz CT molecular complexity index is 1410. The fourth-order valence-electron chi connectivity index (χ4n) is 3.89. The van der Waals surface area contributed by atoms with Crippen LogP contribution in [0.15, 0.2) is 79.0 Å². The number of amides is 1. The maximum Gasteiger partial charge on any atom is 0.244 e. The Kier molecular flexibility index (Phi) is 6.57. The average molecular weight is 484 g/mol. The smallest absolute Gasteiger partial charge is 0.244 e. The fourth-order valence-corrected chi connectivity index (χ4v) is 3.89. The number of para-hydroxylation sites is 1. The molecular weight excluding hydrogens is 458 g/mol. The van der Waals surface area contributed by atoms with Gasteiger partial charge in [-0.05, 0) is 54.1 Å². The average Bonchev–Trinajstić information content (AvgIpc) is 3.57. The van der Waals surface area contributed by atoms with E-state index in [2.05, 4.69) is 5.32 Å². The van der Waals surface area contributed by atoms with E-state index in [0.29, 0.717) is 35.2 Å². The minimum absolute atomic E-state index is 0.215. The van der Waals surface area contributed by atoms with Gasteiger partial charge in [0.05, 0.1) is 19.9 Å². The molecule has 1 aliphatic rings. The molecule has 0 unspecified atom stereocenters. The quantitative estimate of drug-likeness (QED) is 0.369. The number of nitrogens with one attached hydrogen (secondary N) is 1. The molecule has 0 aliphatic carbocycles. The summed E-state index contributed by atoms with van der Waals surface area (Å²) >= 11 is 0. The van der Waals surface area contributed by atoms with Crippen LogP contribution in [0.4, 0.5) is 0 Å². The molecule has 1 aromatic heterocycles. The van der Waals surface area contributed by atoms with Crippen LogP contribution in [0.3, 0.4) is 0 Å². The molecule has 3 aromatic carbocycles. The highest BCUT2D eigenvalue weighted by Crippen LogP contribution is 2.34. The highest BCUT2D eigenvalue weighted by molar-refractivity contribution is 5.92. The summed E-state index contributed by atoms with van der Waals surface area (Å²) in [6.45, 7) is 0.582. The molecule has 8 nitrogen and oxygen atoms in total. The van der Waals surface area contributed by atoms with Gasteiger partial charge in [0.15, 0.2) is 23.0 Å². The lowest BCUT2D eigenvalue weighted by Gasteiger charge is -2.09. The van der Waals surface area contributed by atoms with Crippen LogP contribution in [0.25, 0.3) is 23.0 Å². The molecule has 1 aliphatic heterocycles. The molecule has 0 saturated carbocycles. The lowest BCUT2D eigenvalue weighted by atomic mass is 10.1. The van der Waals surface area contributed by atoms with Gasteiger partial charge in [0.1, 0.15) is 5.69 Å². The summed E-state index contributed by atoms with van der Waals surface area (Å²) < 4.78 is 23.4. The molecule has 5 rings (SSSR count). The molecule has 0 fully saturated rings. The van der Waals surface area contributed by atoms with E-state index in [9.17, 15) is 4.79 Å². The molecule has 8 heteroatoms. The molecule has 4 aromatic rings. The molecule has 0 bridgehead atoms. The third-order valence-electron chi connectivity index (χ3n) is 5.74. The second kappa shape index (κ2) is 10.3. The van der Waals surface area contributed by atoms with Crippen molar-refractivity contribution in [2.24, 2.45) is 0 Å². The molecular formula is C28H25N3O5. The second-order valence-electron chi connectivity index (χ2n) is 8.02. The number of hydrogen-bond acceptors (Lipinski definition) is 6. The lowest BCUT2D eigenvalue weighted by Crippen LogP contribution is -2.20. The number of carbonyl (C=O) groups excluding carboxylic acids is 1. The molecule has 36 heavy (non-hydrogen) atoms. The topological polar surface area (TPSA) is 83.8 Å². The summed E-state index contributed by atoms with van der Waals surface area (Å²) in [5, 5.41) is 7.70. The van der Waals surface area contributed by atoms with Gasteiger partial charge in [0.25, 0.3) is 0 Å². The zero-order valence-corrected chi connectivity index (χ0v) is 19.9. The summed E-state index contributed by atoms with van der Waals surface area (Å²) in [5.74, 6) is 2.40. The van der Waals surface area contributed by atoms with Crippen molar-refractivity contribution in [2.75, 3.05) is 21.0 Å². The van der Waals surface area contributed by atoms with Crippen LogP contribution in [0.2, 0.25) is 0 Å². The predicted molar refractivity (Wildman–Crippen MR) is 136 cm³/mol. The van der Waals surface area contributed by atoms with Crippen LogP contribution in [-0.2, 0) is 11.3 Å². The van der Waals surface area contributed by atoms with Gasteiger partial charge in [0.2, 0.25) is 12.7 Å². The highest BCUT2D eigenvalue weighted by Gasteiger charge is 2.15. The van der Waals surface area contributed by atoms with Crippen molar-refractivity contribution in [1.82, 2.24) is 15.1 Å². The van der Waals surface area contributed by atoms with Crippen molar-refractivity contribution in [3.05, 3.63) is 90.1 Å². The lowest BCUT2D eigenvalue weighted by molar-refractivity contribution is -0.116. The first kappa shape index (κ1) is 23.0. The summed E-state index contributed by atoms with van der Waals surface area (Å²) in [6.07, 6.45) is 5.15. The Morgan fingerprint density at radius 2 is 1.81 bits per heavy atom. The Labute approximate surface area is 208 Å². The summed E-state index contributed by atoms with van der Waals surface area (Å²) in [6, 6.07) is 21.0. The minimum atomic E-state index is -0.224. The van der Waals surface area contributed by atoms with Gasteiger partial charge in [-0.1, -0.05) is 24.3 Å². The van der Waals surface area contributed by atoms with Gasteiger partial charge < -0.3 is 24.3 Å². The number of methoxy groups -OCH3 is 2. The molecule has 0 atom stereocenters. The van der Waals surface area contributed by atoms with E-state index in [1.165, 1.54) is 6.08 Å². The summed E-state index contributed by atoms with van der Waals surface area (Å²) in [7, 11) is 3.19. The van der Waals surface area contributed by atoms with E-state index in [1.807, 2.05) is 72.9 Å². The van der Waals surface area contributed by atoms with E-state index in [1.54, 1.807) is 25.0 Å². The number of hydrogen-bond donors (Lipinski definition) is 1. The zero-order valence-electron chi connectivity index (χ0n) is 19.9. The maximum absolute atomic E-state index is 12.6.